The first-order chi connectivity index (χ1) is 25.3. The largest absolute Gasteiger partial charge is 0.353 e. The van der Waals surface area contributed by atoms with Gasteiger partial charge in [0.25, 0.3) is 0 Å². The minimum atomic E-state index is 0.0121. The van der Waals surface area contributed by atoms with E-state index in [2.05, 4.69) is 176 Å². The Bertz CT molecular complexity index is 2590. The standard InChI is InChI=1S/C50H47N3/c1-31-14-11-15-32(2)46(31)33-21-23-52-45(29-33)43-19-13-18-42-41-17-12-16-40(47(41)53-48(42)43)36-24-34(25-37(26-36)44-20-9-10-22-51-44)35-27-38(49(3,4)5)30-39(28-35)50(6,7)8/h9-30,53H,1-8H3. The summed E-state index contributed by atoms with van der Waals surface area (Å²) in [6, 6.07) is 44.3. The number of aryl methyl sites for hydroxylation is 2. The third-order valence-corrected chi connectivity index (χ3v) is 10.7. The van der Waals surface area contributed by atoms with Gasteiger partial charge in [-0.3, -0.25) is 9.97 Å². The minimum Gasteiger partial charge on any atom is -0.353 e. The second-order valence-corrected chi connectivity index (χ2v) is 16.6. The molecule has 0 saturated heterocycles. The van der Waals surface area contributed by atoms with Crippen LogP contribution in [-0.2, 0) is 10.8 Å². The van der Waals surface area contributed by atoms with Gasteiger partial charge < -0.3 is 4.98 Å². The first-order valence-corrected chi connectivity index (χ1v) is 18.6. The average molecular weight is 690 g/mol. The van der Waals surface area contributed by atoms with Crippen molar-refractivity contribution in [2.45, 2.75) is 66.2 Å². The van der Waals surface area contributed by atoms with Gasteiger partial charge in [0.15, 0.2) is 0 Å². The molecule has 0 spiro atoms. The first-order valence-electron chi connectivity index (χ1n) is 18.6. The van der Waals surface area contributed by atoms with Crippen molar-refractivity contribution < 1.29 is 0 Å². The summed E-state index contributed by atoms with van der Waals surface area (Å²) in [6.07, 6.45) is 3.82. The van der Waals surface area contributed by atoms with Crippen molar-refractivity contribution in [3.05, 3.63) is 156 Å². The zero-order valence-electron chi connectivity index (χ0n) is 32.1. The van der Waals surface area contributed by atoms with E-state index in [9.17, 15) is 0 Å². The fourth-order valence-electron chi connectivity index (χ4n) is 7.70. The molecule has 5 aromatic carbocycles. The predicted molar refractivity (Wildman–Crippen MR) is 225 cm³/mol. The summed E-state index contributed by atoms with van der Waals surface area (Å²) in [7, 11) is 0. The number of nitrogens with one attached hydrogen (secondary N) is 1. The summed E-state index contributed by atoms with van der Waals surface area (Å²) in [5.74, 6) is 0. The van der Waals surface area contributed by atoms with Gasteiger partial charge in [0, 0.05) is 39.9 Å². The van der Waals surface area contributed by atoms with E-state index in [0.717, 1.165) is 44.7 Å². The Morgan fingerprint density at radius 2 is 1.00 bits per heavy atom. The smallest absolute Gasteiger partial charge is 0.0729 e. The molecule has 53 heavy (non-hydrogen) atoms. The number of fused-ring (bicyclic) bond motifs is 3. The van der Waals surface area contributed by atoms with Gasteiger partial charge in [0.2, 0.25) is 0 Å². The third kappa shape index (κ3) is 6.46. The van der Waals surface area contributed by atoms with E-state index in [1.54, 1.807) is 0 Å². The monoisotopic (exact) mass is 689 g/mol. The third-order valence-electron chi connectivity index (χ3n) is 10.7. The summed E-state index contributed by atoms with van der Waals surface area (Å²) in [4.78, 5) is 13.6. The van der Waals surface area contributed by atoms with Crippen LogP contribution in [-0.4, -0.2) is 15.0 Å². The molecule has 1 N–H and O–H groups in total. The molecular formula is C50H47N3. The maximum atomic E-state index is 4.91. The molecule has 3 heterocycles. The topological polar surface area (TPSA) is 41.6 Å². The summed E-state index contributed by atoms with van der Waals surface area (Å²) in [5, 5.41) is 2.38. The number of hydrogen-bond donors (Lipinski definition) is 1. The molecule has 3 aromatic heterocycles. The second-order valence-electron chi connectivity index (χ2n) is 16.6. The van der Waals surface area contributed by atoms with Crippen molar-refractivity contribution in [2.24, 2.45) is 0 Å². The normalized spacial score (nSPS) is 12.2. The number of nitrogens with zero attached hydrogens (tertiary/aromatic N) is 2. The van der Waals surface area contributed by atoms with Crippen molar-refractivity contribution >= 4 is 21.8 Å². The lowest BCUT2D eigenvalue weighted by Gasteiger charge is -2.26. The van der Waals surface area contributed by atoms with E-state index in [4.69, 9.17) is 9.97 Å². The number of H-pyrrole nitrogens is 1. The van der Waals surface area contributed by atoms with Gasteiger partial charge >= 0.3 is 0 Å². The van der Waals surface area contributed by atoms with Gasteiger partial charge in [-0.25, -0.2) is 0 Å². The van der Waals surface area contributed by atoms with E-state index < -0.39 is 0 Å². The lowest BCUT2D eigenvalue weighted by Crippen LogP contribution is -2.16. The number of rotatable bonds is 5. The number of hydrogen-bond acceptors (Lipinski definition) is 2. The molecule has 0 aliphatic rings. The number of benzene rings is 5. The quantitative estimate of drug-likeness (QED) is 0.195. The van der Waals surface area contributed by atoms with Crippen LogP contribution in [0.5, 0.6) is 0 Å². The van der Waals surface area contributed by atoms with E-state index in [-0.39, 0.29) is 10.8 Å². The van der Waals surface area contributed by atoms with Crippen molar-refractivity contribution in [2.75, 3.05) is 0 Å². The lowest BCUT2D eigenvalue weighted by atomic mass is 9.78. The number of aromatic amines is 1. The van der Waals surface area contributed by atoms with Crippen LogP contribution in [0.3, 0.4) is 0 Å². The van der Waals surface area contributed by atoms with Gasteiger partial charge in [0.1, 0.15) is 0 Å². The summed E-state index contributed by atoms with van der Waals surface area (Å²) < 4.78 is 0. The SMILES string of the molecule is Cc1cccc(C)c1-c1ccnc(-c2cccc3c2[nH]c2c(-c4cc(-c5cc(C(C)(C)C)cc(C(C)(C)C)c5)cc(-c5ccccn5)c4)cccc23)c1. The molecule has 3 heteroatoms. The van der Waals surface area contributed by atoms with Crippen molar-refractivity contribution in [3.8, 4) is 55.9 Å². The fourth-order valence-corrected chi connectivity index (χ4v) is 7.70. The van der Waals surface area contributed by atoms with E-state index in [0.29, 0.717) is 0 Å². The Morgan fingerprint density at radius 3 is 1.64 bits per heavy atom. The number of pyridine rings is 2. The molecule has 8 aromatic rings. The first kappa shape index (κ1) is 34.3. The zero-order valence-corrected chi connectivity index (χ0v) is 32.1. The fraction of sp³-hybridized carbons (Fsp3) is 0.200. The van der Waals surface area contributed by atoms with Gasteiger partial charge in [0.05, 0.1) is 22.4 Å². The van der Waals surface area contributed by atoms with Crippen LogP contribution in [0.4, 0.5) is 0 Å². The van der Waals surface area contributed by atoms with Crippen LogP contribution in [0.15, 0.2) is 134 Å². The maximum absolute atomic E-state index is 4.91. The molecular weight excluding hydrogens is 643 g/mol. The molecule has 0 amide bonds. The van der Waals surface area contributed by atoms with Crippen LogP contribution >= 0.6 is 0 Å². The summed E-state index contributed by atoms with van der Waals surface area (Å²) >= 11 is 0. The Balaban J connectivity index is 1.33. The van der Waals surface area contributed by atoms with Gasteiger partial charge in [-0.2, -0.15) is 0 Å². The molecule has 3 nitrogen and oxygen atoms in total. The van der Waals surface area contributed by atoms with E-state index >= 15 is 0 Å². The Kier molecular flexibility index (Phi) is 8.41. The van der Waals surface area contributed by atoms with Crippen LogP contribution in [0.1, 0.15) is 63.8 Å². The summed E-state index contributed by atoms with van der Waals surface area (Å²) in [5.41, 5.74) is 18.7. The highest BCUT2D eigenvalue weighted by molar-refractivity contribution is 6.15. The Morgan fingerprint density at radius 1 is 0.434 bits per heavy atom. The highest BCUT2D eigenvalue weighted by atomic mass is 14.7. The molecule has 262 valence electrons. The molecule has 0 radical (unpaired) electrons. The lowest BCUT2D eigenvalue weighted by molar-refractivity contribution is 0.569. The molecule has 0 atom stereocenters. The van der Waals surface area contributed by atoms with E-state index in [1.165, 1.54) is 55.3 Å². The molecule has 8 rings (SSSR count). The minimum absolute atomic E-state index is 0.0121. The Labute approximate surface area is 313 Å². The van der Waals surface area contributed by atoms with Crippen LogP contribution < -0.4 is 0 Å². The molecule has 0 bridgehead atoms. The zero-order chi connectivity index (χ0) is 37.1. The highest BCUT2D eigenvalue weighted by Crippen LogP contribution is 2.41. The van der Waals surface area contributed by atoms with Crippen LogP contribution in [0.2, 0.25) is 0 Å². The summed E-state index contributed by atoms with van der Waals surface area (Å²) in [6.45, 7) is 18.2. The maximum Gasteiger partial charge on any atom is 0.0729 e. The predicted octanol–water partition coefficient (Wildman–Crippen LogP) is 13.7. The molecule has 0 fully saturated rings. The van der Waals surface area contributed by atoms with Crippen LogP contribution in [0.25, 0.3) is 77.7 Å². The second kappa shape index (κ2) is 13.0. The molecule has 0 unspecified atom stereocenters. The van der Waals surface area contributed by atoms with E-state index in [1.807, 2.05) is 18.5 Å². The van der Waals surface area contributed by atoms with Crippen LogP contribution in [0, 0.1) is 13.8 Å². The molecule has 0 aliphatic heterocycles. The highest BCUT2D eigenvalue weighted by Gasteiger charge is 2.22. The van der Waals surface area contributed by atoms with Crippen molar-refractivity contribution in [1.29, 1.82) is 0 Å². The van der Waals surface area contributed by atoms with Gasteiger partial charge in [-0.15, -0.1) is 0 Å². The number of para-hydroxylation sites is 2. The van der Waals surface area contributed by atoms with Crippen molar-refractivity contribution in [1.82, 2.24) is 15.0 Å². The van der Waals surface area contributed by atoms with Gasteiger partial charge in [-0.05, 0) is 117 Å². The Hall–Kier alpha value is -5.80. The number of aromatic nitrogens is 3. The molecule has 0 saturated carbocycles. The van der Waals surface area contributed by atoms with Crippen molar-refractivity contribution in [3.63, 3.8) is 0 Å². The average Bonchev–Trinajstić information content (AvgIpc) is 3.53. The molecule has 0 aliphatic carbocycles. The van der Waals surface area contributed by atoms with Gasteiger partial charge in [-0.1, -0.05) is 120 Å².